The first-order valence-corrected chi connectivity index (χ1v) is 8.42. The highest BCUT2D eigenvalue weighted by Gasteiger charge is 2.25. The van der Waals surface area contributed by atoms with Gasteiger partial charge in [0.25, 0.3) is 5.69 Å². The molecule has 0 radical (unpaired) electrons. The fourth-order valence-corrected chi connectivity index (χ4v) is 3.01. The van der Waals surface area contributed by atoms with Crippen LogP contribution in [0.1, 0.15) is 32.8 Å². The Labute approximate surface area is 151 Å². The van der Waals surface area contributed by atoms with Gasteiger partial charge in [-0.25, -0.2) is 9.78 Å². The van der Waals surface area contributed by atoms with Crippen LogP contribution in [0, 0.1) is 10.1 Å². The van der Waals surface area contributed by atoms with Crippen molar-refractivity contribution in [2.24, 2.45) is 7.05 Å². The molecule has 0 N–H and O–H groups in total. The Balaban J connectivity index is 1.87. The summed E-state index contributed by atoms with van der Waals surface area (Å²) < 4.78 is 7.26. The van der Waals surface area contributed by atoms with Gasteiger partial charge in [0.15, 0.2) is 0 Å². The van der Waals surface area contributed by atoms with Gasteiger partial charge in [0.2, 0.25) is 0 Å². The molecule has 0 saturated carbocycles. The molecule has 0 aromatic carbocycles. The van der Waals surface area contributed by atoms with E-state index in [1.54, 1.807) is 11.0 Å². The fourth-order valence-electron chi connectivity index (χ4n) is 3.01. The number of amides is 1. The van der Waals surface area contributed by atoms with Crippen molar-refractivity contribution >= 4 is 28.4 Å². The fraction of sp³-hybridized carbons (Fsp3) is 0.444. The molecule has 0 spiro atoms. The van der Waals surface area contributed by atoms with Crippen LogP contribution in [0.4, 0.5) is 10.5 Å². The van der Waals surface area contributed by atoms with Crippen molar-refractivity contribution in [1.29, 1.82) is 0 Å². The first-order chi connectivity index (χ1) is 12.2. The molecule has 0 saturated heterocycles. The molecule has 3 heterocycles. The Morgan fingerprint density at radius 1 is 1.38 bits per heavy atom. The van der Waals surface area contributed by atoms with E-state index in [4.69, 9.17) is 4.74 Å². The van der Waals surface area contributed by atoms with Gasteiger partial charge >= 0.3 is 6.09 Å². The van der Waals surface area contributed by atoms with Crippen molar-refractivity contribution in [3.8, 4) is 0 Å². The van der Waals surface area contributed by atoms with Crippen LogP contribution in [0.15, 0.2) is 24.5 Å². The molecular formula is C18H22N4O4. The number of carbonyl (C=O) groups is 1. The van der Waals surface area contributed by atoms with Gasteiger partial charge in [-0.2, -0.15) is 0 Å². The number of aromatic nitrogens is 2. The lowest BCUT2D eigenvalue weighted by atomic mass is 9.99. The Bertz CT molecular complexity index is 908. The molecule has 26 heavy (non-hydrogen) atoms. The molecule has 2 aromatic heterocycles. The summed E-state index contributed by atoms with van der Waals surface area (Å²) in [5.74, 6) is 0. The number of rotatable bonds is 2. The molecule has 0 bridgehead atoms. The molecule has 138 valence electrons. The molecule has 2 aromatic rings. The van der Waals surface area contributed by atoms with Crippen LogP contribution in [-0.2, 0) is 11.8 Å². The maximum Gasteiger partial charge on any atom is 0.410 e. The molecule has 1 aliphatic heterocycles. The van der Waals surface area contributed by atoms with Crippen LogP contribution in [0.25, 0.3) is 16.6 Å². The highest BCUT2D eigenvalue weighted by molar-refractivity contribution is 5.92. The molecule has 8 heteroatoms. The summed E-state index contributed by atoms with van der Waals surface area (Å²) in [5.41, 5.74) is 2.11. The third-order valence-electron chi connectivity index (χ3n) is 4.22. The van der Waals surface area contributed by atoms with Gasteiger partial charge in [0.05, 0.1) is 4.92 Å². The molecule has 8 nitrogen and oxygen atoms in total. The Morgan fingerprint density at radius 3 is 2.69 bits per heavy atom. The lowest BCUT2D eigenvalue weighted by Gasteiger charge is -2.29. The summed E-state index contributed by atoms with van der Waals surface area (Å²) in [6.45, 7) is 6.51. The molecule has 0 atom stereocenters. The van der Waals surface area contributed by atoms with Crippen molar-refractivity contribution in [1.82, 2.24) is 14.5 Å². The number of ether oxygens (including phenoxy) is 1. The first-order valence-electron chi connectivity index (χ1n) is 8.42. The monoisotopic (exact) mass is 358 g/mol. The Kier molecular flexibility index (Phi) is 4.43. The van der Waals surface area contributed by atoms with E-state index in [9.17, 15) is 14.9 Å². The lowest BCUT2D eigenvalue weighted by molar-refractivity contribution is -0.385. The van der Waals surface area contributed by atoms with Gasteiger partial charge < -0.3 is 14.2 Å². The van der Waals surface area contributed by atoms with Crippen molar-refractivity contribution < 1.29 is 14.5 Å². The van der Waals surface area contributed by atoms with Gasteiger partial charge in [-0.05, 0) is 32.8 Å². The Morgan fingerprint density at radius 2 is 2.12 bits per heavy atom. The molecular weight excluding hydrogens is 336 g/mol. The Hall–Kier alpha value is -2.90. The third-order valence-corrected chi connectivity index (χ3v) is 4.22. The van der Waals surface area contributed by atoms with Crippen LogP contribution in [0.2, 0.25) is 0 Å². The summed E-state index contributed by atoms with van der Waals surface area (Å²) in [5, 5.41) is 11.8. The minimum absolute atomic E-state index is 0.0308. The number of fused-ring (bicyclic) bond motifs is 1. The van der Waals surface area contributed by atoms with Crippen LogP contribution in [0.3, 0.4) is 0 Å². The normalized spacial score (nSPS) is 15.1. The third kappa shape index (κ3) is 3.54. The van der Waals surface area contributed by atoms with Crippen molar-refractivity contribution in [2.75, 3.05) is 13.1 Å². The van der Waals surface area contributed by atoms with E-state index in [1.165, 1.54) is 6.20 Å². The number of hydrogen-bond acceptors (Lipinski definition) is 5. The van der Waals surface area contributed by atoms with E-state index < -0.39 is 10.5 Å². The van der Waals surface area contributed by atoms with E-state index >= 15 is 0 Å². The summed E-state index contributed by atoms with van der Waals surface area (Å²) >= 11 is 0. The van der Waals surface area contributed by atoms with Gasteiger partial charge in [0.1, 0.15) is 17.4 Å². The quantitative estimate of drug-likeness (QED) is 0.605. The highest BCUT2D eigenvalue weighted by atomic mass is 16.6. The SMILES string of the molecule is Cn1cc(C2=CCN(C(=O)OC(C)(C)C)CC2)c2cc([N+](=O)[O-])cnc21. The maximum atomic E-state index is 12.2. The first kappa shape index (κ1) is 17.9. The number of aryl methyl sites for hydroxylation is 1. The molecule has 0 fully saturated rings. The minimum atomic E-state index is -0.526. The zero-order chi connectivity index (χ0) is 19.1. The number of carbonyl (C=O) groups excluding carboxylic acids is 1. The van der Waals surface area contributed by atoms with Gasteiger partial charge in [-0.3, -0.25) is 10.1 Å². The average molecular weight is 358 g/mol. The maximum absolute atomic E-state index is 12.2. The minimum Gasteiger partial charge on any atom is -0.444 e. The van der Waals surface area contributed by atoms with E-state index in [-0.39, 0.29) is 11.8 Å². The summed E-state index contributed by atoms with van der Waals surface area (Å²) in [7, 11) is 1.86. The van der Waals surface area contributed by atoms with Crippen molar-refractivity contribution in [2.45, 2.75) is 32.8 Å². The summed E-state index contributed by atoms with van der Waals surface area (Å²) in [6, 6.07) is 1.55. The van der Waals surface area contributed by atoms with Gasteiger partial charge in [-0.15, -0.1) is 0 Å². The average Bonchev–Trinajstić information content (AvgIpc) is 2.90. The molecule has 3 rings (SSSR count). The van der Waals surface area contributed by atoms with Crippen LogP contribution in [0.5, 0.6) is 0 Å². The second-order valence-electron chi connectivity index (χ2n) is 7.38. The standard InChI is InChI=1S/C18H22N4O4/c1-18(2,3)26-17(23)21-7-5-12(6-8-21)15-11-20(4)16-14(15)9-13(10-19-16)22(24)25/h5,9-11H,6-8H2,1-4H3. The smallest absolute Gasteiger partial charge is 0.410 e. The van der Waals surface area contributed by atoms with Gasteiger partial charge in [-0.1, -0.05) is 6.08 Å². The summed E-state index contributed by atoms with van der Waals surface area (Å²) in [6.07, 6.45) is 5.49. The lowest BCUT2D eigenvalue weighted by Crippen LogP contribution is -2.39. The second kappa shape index (κ2) is 6.44. The number of pyridine rings is 1. The molecule has 1 aliphatic rings. The summed E-state index contributed by atoms with van der Waals surface area (Å²) in [4.78, 5) is 28.7. The molecule has 1 amide bonds. The topological polar surface area (TPSA) is 90.5 Å². The predicted molar refractivity (Wildman–Crippen MR) is 97.8 cm³/mol. The second-order valence-corrected chi connectivity index (χ2v) is 7.38. The number of nitro groups is 1. The van der Waals surface area contributed by atoms with Crippen LogP contribution < -0.4 is 0 Å². The van der Waals surface area contributed by atoms with Gasteiger partial charge in [0, 0.05) is 43.4 Å². The predicted octanol–water partition coefficient (Wildman–Crippen LogP) is 3.51. The molecule has 0 unspecified atom stereocenters. The van der Waals surface area contributed by atoms with E-state index in [0.717, 1.165) is 16.5 Å². The van der Waals surface area contributed by atoms with E-state index in [2.05, 4.69) is 4.98 Å². The van der Waals surface area contributed by atoms with Crippen LogP contribution in [-0.4, -0.2) is 44.2 Å². The zero-order valence-electron chi connectivity index (χ0n) is 15.4. The van der Waals surface area contributed by atoms with E-state index in [1.807, 2.05) is 44.7 Å². The van der Waals surface area contributed by atoms with E-state index in [0.29, 0.717) is 25.2 Å². The zero-order valence-corrected chi connectivity index (χ0v) is 15.4. The highest BCUT2D eigenvalue weighted by Crippen LogP contribution is 2.31. The van der Waals surface area contributed by atoms with Crippen molar-refractivity contribution in [3.05, 3.63) is 40.2 Å². The number of nitrogens with zero attached hydrogens (tertiary/aromatic N) is 4. The number of hydrogen-bond donors (Lipinski definition) is 0. The van der Waals surface area contributed by atoms with Crippen LogP contribution >= 0.6 is 0 Å². The molecule has 0 aliphatic carbocycles. The largest absolute Gasteiger partial charge is 0.444 e. The van der Waals surface area contributed by atoms with Crippen molar-refractivity contribution in [3.63, 3.8) is 0 Å².